The van der Waals surface area contributed by atoms with Crippen molar-refractivity contribution in [2.45, 2.75) is 39.3 Å². The fourth-order valence-electron chi connectivity index (χ4n) is 4.29. The van der Waals surface area contributed by atoms with Crippen LogP contribution >= 0.6 is 0 Å². The van der Waals surface area contributed by atoms with Crippen molar-refractivity contribution >= 4 is 23.2 Å². The Morgan fingerprint density at radius 3 is 2.56 bits per heavy atom. The molecule has 1 aromatic rings. The second-order valence-corrected chi connectivity index (χ2v) is 9.13. The highest BCUT2D eigenvalue weighted by atomic mass is 16.5. The second-order valence-electron chi connectivity index (χ2n) is 9.13. The minimum atomic E-state index is -0.273. The summed E-state index contributed by atoms with van der Waals surface area (Å²) in [6.07, 6.45) is 8.46. The number of nitrogens with one attached hydrogen (secondary N) is 2. The highest BCUT2D eigenvalue weighted by Crippen LogP contribution is 2.21. The van der Waals surface area contributed by atoms with Gasteiger partial charge in [0.05, 0.1) is 23.2 Å². The quantitative estimate of drug-likeness (QED) is 0.455. The van der Waals surface area contributed by atoms with Gasteiger partial charge in [-0.3, -0.25) is 9.59 Å². The molecule has 0 aromatic heterocycles. The van der Waals surface area contributed by atoms with Gasteiger partial charge in [0.25, 0.3) is 0 Å². The van der Waals surface area contributed by atoms with Crippen molar-refractivity contribution in [1.29, 1.82) is 0 Å². The van der Waals surface area contributed by atoms with Crippen LogP contribution in [-0.4, -0.2) is 67.2 Å². The number of hydrogen-bond acceptors (Lipinski definition) is 7. The molecule has 0 bridgehead atoms. The number of rotatable bonds is 9. The van der Waals surface area contributed by atoms with Crippen molar-refractivity contribution in [2.24, 2.45) is 16.6 Å². The number of dihydropyridines is 1. The Bertz CT molecular complexity index is 1040. The van der Waals surface area contributed by atoms with Gasteiger partial charge in [-0.25, -0.2) is 4.99 Å². The van der Waals surface area contributed by atoms with Gasteiger partial charge in [-0.1, -0.05) is 18.2 Å². The molecule has 1 aromatic carbocycles. The third-order valence-electron chi connectivity index (χ3n) is 6.52. The van der Waals surface area contributed by atoms with Crippen molar-refractivity contribution in [2.75, 3.05) is 39.1 Å². The predicted molar refractivity (Wildman–Crippen MR) is 143 cm³/mol. The van der Waals surface area contributed by atoms with Gasteiger partial charge in [0.2, 0.25) is 11.8 Å². The van der Waals surface area contributed by atoms with Gasteiger partial charge in [-0.15, -0.1) is 0 Å². The first-order chi connectivity index (χ1) is 17.3. The number of nitrogens with two attached hydrogens (primary N) is 1. The van der Waals surface area contributed by atoms with Crippen LogP contribution in [-0.2, 0) is 20.9 Å². The number of ether oxygens (including phenoxy) is 1. The number of nitrogens with zero attached hydrogens (tertiary/aromatic N) is 3. The number of carbonyl (C=O) groups excluding carboxylic acids is 2. The first-order valence-electron chi connectivity index (χ1n) is 12.3. The Morgan fingerprint density at radius 1 is 1.31 bits per heavy atom. The SMILES string of the molecule is CO[C@@H](C)C(=NC1=CNCC=C1)/C(=C\N)Nc1ccc(CN(C)C(=O)C2CCN(C(C)=O)CC2)cc1. The summed E-state index contributed by atoms with van der Waals surface area (Å²) in [5.74, 6) is 0.169. The summed E-state index contributed by atoms with van der Waals surface area (Å²) in [4.78, 5) is 32.8. The van der Waals surface area contributed by atoms with Crippen LogP contribution in [0, 0.1) is 5.92 Å². The second kappa shape index (κ2) is 12.9. The van der Waals surface area contributed by atoms with E-state index < -0.39 is 0 Å². The van der Waals surface area contributed by atoms with Gasteiger partial charge in [0.1, 0.15) is 0 Å². The Kier molecular flexibility index (Phi) is 9.69. The molecule has 1 fully saturated rings. The zero-order valence-electron chi connectivity index (χ0n) is 21.7. The van der Waals surface area contributed by atoms with Crippen LogP contribution in [0.15, 0.2) is 65.2 Å². The summed E-state index contributed by atoms with van der Waals surface area (Å²) in [7, 11) is 3.47. The van der Waals surface area contributed by atoms with Gasteiger partial charge >= 0.3 is 0 Å². The molecule has 36 heavy (non-hydrogen) atoms. The minimum absolute atomic E-state index is 0.0337. The number of hydrogen-bond donors (Lipinski definition) is 3. The number of anilines is 1. The van der Waals surface area contributed by atoms with E-state index in [2.05, 4.69) is 10.6 Å². The van der Waals surface area contributed by atoms with Gasteiger partial charge in [0, 0.05) is 71.3 Å². The number of aliphatic imine (C=N–C) groups is 1. The third-order valence-corrected chi connectivity index (χ3v) is 6.52. The van der Waals surface area contributed by atoms with E-state index >= 15 is 0 Å². The Balaban J connectivity index is 1.62. The zero-order chi connectivity index (χ0) is 26.1. The van der Waals surface area contributed by atoms with Gasteiger partial charge in [-0.2, -0.15) is 0 Å². The van der Waals surface area contributed by atoms with Crippen LogP contribution in [0.1, 0.15) is 32.3 Å². The van der Waals surface area contributed by atoms with Crippen LogP contribution in [0.5, 0.6) is 0 Å². The van der Waals surface area contributed by atoms with Crippen molar-refractivity contribution in [3.63, 3.8) is 0 Å². The van der Waals surface area contributed by atoms with Crippen LogP contribution in [0.25, 0.3) is 0 Å². The number of amides is 2. The van der Waals surface area contributed by atoms with E-state index in [1.807, 2.05) is 61.5 Å². The van der Waals surface area contributed by atoms with Crippen LogP contribution < -0.4 is 16.4 Å². The van der Waals surface area contributed by atoms with Crippen molar-refractivity contribution in [1.82, 2.24) is 15.1 Å². The van der Waals surface area contributed by atoms with Gasteiger partial charge < -0.3 is 30.9 Å². The smallest absolute Gasteiger partial charge is 0.225 e. The molecule has 2 amide bonds. The summed E-state index contributed by atoms with van der Waals surface area (Å²) in [5.41, 5.74) is 9.97. The largest absolute Gasteiger partial charge is 0.403 e. The molecular formula is C27H38N6O3. The van der Waals surface area contributed by atoms with E-state index in [0.29, 0.717) is 43.9 Å². The third kappa shape index (κ3) is 7.21. The average molecular weight is 495 g/mol. The highest BCUT2D eigenvalue weighted by Gasteiger charge is 2.28. The summed E-state index contributed by atoms with van der Waals surface area (Å²) < 4.78 is 5.53. The van der Waals surface area contributed by atoms with Crippen molar-refractivity contribution in [3.8, 4) is 0 Å². The summed E-state index contributed by atoms with van der Waals surface area (Å²) in [6, 6.07) is 7.90. The van der Waals surface area contributed by atoms with E-state index in [0.717, 1.165) is 23.5 Å². The topological polar surface area (TPSA) is 112 Å². The molecule has 9 heteroatoms. The maximum absolute atomic E-state index is 12.9. The lowest BCUT2D eigenvalue weighted by Gasteiger charge is -2.32. The summed E-state index contributed by atoms with van der Waals surface area (Å²) in [6.45, 7) is 6.09. The van der Waals surface area contributed by atoms with E-state index in [1.165, 1.54) is 6.20 Å². The zero-order valence-corrected chi connectivity index (χ0v) is 21.7. The molecule has 1 atom stereocenters. The number of benzene rings is 1. The Labute approximate surface area is 213 Å². The molecule has 0 aliphatic carbocycles. The monoisotopic (exact) mass is 494 g/mol. The summed E-state index contributed by atoms with van der Waals surface area (Å²) >= 11 is 0. The predicted octanol–water partition coefficient (Wildman–Crippen LogP) is 2.59. The maximum Gasteiger partial charge on any atom is 0.225 e. The van der Waals surface area contributed by atoms with E-state index in [-0.39, 0.29) is 23.8 Å². The standard InChI is InChI=1S/C27H38N6O3/c1-19(36-4)26(31-24-6-5-13-29-17-24)25(16-28)30-23-9-7-21(8-10-23)18-32(3)27(35)22-11-14-33(15-12-22)20(2)34/h5-10,16-17,19,22,29-30H,11-15,18,28H2,1-4H3/b25-16+,31-26?/t19-/m0/s1. The number of carbonyl (C=O) groups is 2. The fourth-order valence-corrected chi connectivity index (χ4v) is 4.29. The Hall–Kier alpha value is -3.59. The summed E-state index contributed by atoms with van der Waals surface area (Å²) in [5, 5.41) is 6.49. The van der Waals surface area contributed by atoms with Crippen molar-refractivity contribution in [3.05, 3.63) is 65.8 Å². The number of piperidine rings is 1. The van der Waals surface area contributed by atoms with Crippen LogP contribution in [0.2, 0.25) is 0 Å². The molecule has 0 radical (unpaired) electrons. The lowest BCUT2D eigenvalue weighted by atomic mass is 9.95. The molecular weight excluding hydrogens is 456 g/mol. The molecule has 2 aliphatic heterocycles. The molecule has 2 heterocycles. The Morgan fingerprint density at radius 2 is 2.00 bits per heavy atom. The normalized spacial score (nSPS) is 17.8. The minimum Gasteiger partial charge on any atom is -0.403 e. The lowest BCUT2D eigenvalue weighted by Crippen LogP contribution is -2.42. The molecule has 9 nitrogen and oxygen atoms in total. The van der Waals surface area contributed by atoms with Crippen LogP contribution in [0.4, 0.5) is 5.69 Å². The highest BCUT2D eigenvalue weighted by molar-refractivity contribution is 6.06. The van der Waals surface area contributed by atoms with Gasteiger partial charge in [0.15, 0.2) is 0 Å². The molecule has 0 spiro atoms. The van der Waals surface area contributed by atoms with E-state index in [1.54, 1.807) is 18.9 Å². The molecule has 0 saturated carbocycles. The molecule has 4 N–H and O–H groups in total. The fraction of sp³-hybridized carbons (Fsp3) is 0.444. The van der Waals surface area contributed by atoms with Crippen molar-refractivity contribution < 1.29 is 14.3 Å². The van der Waals surface area contributed by atoms with Crippen LogP contribution in [0.3, 0.4) is 0 Å². The maximum atomic E-state index is 12.9. The molecule has 2 aliphatic rings. The van der Waals surface area contributed by atoms with E-state index in [9.17, 15) is 9.59 Å². The molecule has 0 unspecified atom stereocenters. The number of methoxy groups -OCH3 is 1. The van der Waals surface area contributed by atoms with E-state index in [4.69, 9.17) is 15.5 Å². The molecule has 194 valence electrons. The first kappa shape index (κ1) is 27.0. The lowest BCUT2D eigenvalue weighted by molar-refractivity contribution is -0.139. The first-order valence-corrected chi connectivity index (χ1v) is 12.3. The average Bonchev–Trinajstić information content (AvgIpc) is 2.91. The molecule has 3 rings (SSSR count). The number of likely N-dealkylation sites (tertiary alicyclic amines) is 1. The number of allylic oxidation sites excluding steroid dienone is 1. The van der Waals surface area contributed by atoms with Gasteiger partial charge in [-0.05, 0) is 43.5 Å². The molecule has 1 saturated heterocycles.